The van der Waals surface area contributed by atoms with E-state index < -0.39 is 0 Å². The molecule has 1 unspecified atom stereocenters. The Labute approximate surface area is 130 Å². The minimum absolute atomic E-state index is 0.243. The Hall–Kier alpha value is -0.995. The molecule has 0 bridgehead atoms. The molecule has 1 N–H and O–H groups in total. The first kappa shape index (κ1) is 18.1. The van der Waals surface area contributed by atoms with Gasteiger partial charge in [-0.3, -0.25) is 0 Å². The van der Waals surface area contributed by atoms with Gasteiger partial charge < -0.3 is 14.4 Å². The molecule has 0 saturated heterocycles. The molecule has 1 aromatic carbocycles. The Morgan fingerprint density at radius 3 is 2.38 bits per heavy atom. The molecular weight excluding hydrogens is 263 g/mol. The van der Waals surface area contributed by atoms with Crippen LogP contribution in [0, 0.1) is 19.8 Å². The lowest BCUT2D eigenvalue weighted by Gasteiger charge is -2.17. The third-order valence-corrected chi connectivity index (χ3v) is 4.04. The largest absolute Gasteiger partial charge is 0.493 e. The highest BCUT2D eigenvalue weighted by atomic mass is 16.5. The van der Waals surface area contributed by atoms with E-state index >= 15 is 0 Å². The number of rotatable bonds is 10. The summed E-state index contributed by atoms with van der Waals surface area (Å²) in [6.45, 7) is 9.82. The van der Waals surface area contributed by atoms with E-state index in [0.29, 0.717) is 12.5 Å². The van der Waals surface area contributed by atoms with Gasteiger partial charge in [0.05, 0.1) is 13.2 Å². The fourth-order valence-electron chi connectivity index (χ4n) is 2.52. The van der Waals surface area contributed by atoms with E-state index in [1.54, 1.807) is 0 Å². The smallest absolute Gasteiger partial charge is 0.435 e. The Kier molecular flexibility index (Phi) is 8.47. The average Bonchev–Trinajstić information content (AvgIpc) is 2.46. The van der Waals surface area contributed by atoms with Crippen molar-refractivity contribution in [3.8, 4) is 5.75 Å². The average molecular weight is 292 g/mol. The minimum atomic E-state index is -0.243. The lowest BCUT2D eigenvalue weighted by atomic mass is 10.0. The van der Waals surface area contributed by atoms with Crippen LogP contribution in [0.3, 0.4) is 0 Å². The normalized spacial score (nSPS) is 12.2. The molecule has 0 aliphatic carbocycles. The van der Waals surface area contributed by atoms with Gasteiger partial charge in [0.15, 0.2) is 0 Å². The molecule has 1 aromatic rings. The summed E-state index contributed by atoms with van der Waals surface area (Å²) in [5, 5.41) is 8.76. The van der Waals surface area contributed by atoms with Gasteiger partial charge in [0.1, 0.15) is 5.75 Å². The summed E-state index contributed by atoms with van der Waals surface area (Å²) in [6, 6.07) is 4.13. The van der Waals surface area contributed by atoms with Crippen molar-refractivity contribution >= 4 is 7.69 Å². The van der Waals surface area contributed by atoms with Crippen LogP contribution in [0.15, 0.2) is 12.1 Å². The predicted molar refractivity (Wildman–Crippen MR) is 88.9 cm³/mol. The van der Waals surface area contributed by atoms with Crippen LogP contribution < -0.4 is 4.74 Å². The molecule has 1 atom stereocenters. The maximum Gasteiger partial charge on any atom is 0.435 e. The molecule has 0 aromatic heterocycles. The second kappa shape index (κ2) is 9.85. The first-order chi connectivity index (χ1) is 10.1. The molecular formula is C17H29BO3. The molecule has 0 aliphatic heterocycles. The van der Waals surface area contributed by atoms with E-state index in [2.05, 4.69) is 39.8 Å². The Bertz CT molecular complexity index is 397. The molecule has 0 aliphatic rings. The van der Waals surface area contributed by atoms with Crippen molar-refractivity contribution in [2.24, 2.45) is 5.92 Å². The highest BCUT2D eigenvalue weighted by Gasteiger charge is 2.10. The van der Waals surface area contributed by atoms with Crippen molar-refractivity contribution in [1.82, 2.24) is 0 Å². The molecule has 4 heteroatoms. The summed E-state index contributed by atoms with van der Waals surface area (Å²) in [4.78, 5) is 0. The fraction of sp³-hybridized carbons (Fsp3) is 0.647. The van der Waals surface area contributed by atoms with Gasteiger partial charge in [-0.25, -0.2) is 0 Å². The van der Waals surface area contributed by atoms with Crippen molar-refractivity contribution < 1.29 is 14.4 Å². The summed E-state index contributed by atoms with van der Waals surface area (Å²) in [7, 11) is -0.243. The molecule has 0 heterocycles. The van der Waals surface area contributed by atoms with Crippen LogP contribution in [0.1, 0.15) is 56.2 Å². The molecule has 0 spiro atoms. The van der Waals surface area contributed by atoms with Crippen LogP contribution in [-0.4, -0.2) is 19.3 Å². The molecule has 0 radical (unpaired) electrons. The second-order valence-electron chi connectivity index (χ2n) is 5.74. The zero-order valence-electron chi connectivity index (χ0n) is 13.9. The van der Waals surface area contributed by atoms with Crippen LogP contribution in [-0.2, 0) is 11.3 Å². The van der Waals surface area contributed by atoms with E-state index in [1.165, 1.54) is 25.7 Å². The zero-order chi connectivity index (χ0) is 15.7. The molecule has 0 fully saturated rings. The van der Waals surface area contributed by atoms with Gasteiger partial charge in [-0.2, -0.15) is 0 Å². The van der Waals surface area contributed by atoms with Crippen molar-refractivity contribution in [3.05, 3.63) is 28.8 Å². The summed E-state index contributed by atoms with van der Waals surface area (Å²) >= 11 is 0. The Balaban J connectivity index is 2.63. The minimum Gasteiger partial charge on any atom is -0.493 e. The number of aryl methyl sites for hydroxylation is 2. The number of unbranched alkanes of at least 4 members (excludes halogenated alkanes) is 1. The fourth-order valence-corrected chi connectivity index (χ4v) is 2.52. The highest BCUT2D eigenvalue weighted by Crippen LogP contribution is 2.24. The quantitative estimate of drug-likeness (QED) is 0.669. The molecule has 118 valence electrons. The Morgan fingerprint density at radius 2 is 1.86 bits per heavy atom. The van der Waals surface area contributed by atoms with E-state index in [0.717, 1.165) is 29.0 Å². The molecule has 0 amide bonds. The Morgan fingerprint density at radius 1 is 1.19 bits per heavy atom. The first-order valence-corrected chi connectivity index (χ1v) is 8.03. The topological polar surface area (TPSA) is 38.7 Å². The number of hydrogen-bond acceptors (Lipinski definition) is 3. The summed E-state index contributed by atoms with van der Waals surface area (Å²) in [5.41, 5.74) is 3.44. The summed E-state index contributed by atoms with van der Waals surface area (Å²) < 4.78 is 11.1. The lowest BCUT2D eigenvalue weighted by molar-refractivity contribution is 0.232. The maximum absolute atomic E-state index is 8.76. The van der Waals surface area contributed by atoms with Gasteiger partial charge in [-0.15, -0.1) is 0 Å². The third kappa shape index (κ3) is 6.10. The van der Waals surface area contributed by atoms with E-state index in [9.17, 15) is 0 Å². The molecule has 1 rings (SSSR count). The zero-order valence-corrected chi connectivity index (χ0v) is 13.9. The third-order valence-electron chi connectivity index (χ3n) is 4.04. The SMILES string of the molecule is CCCCC(CC)COc1cc(C)c(COBO)c(C)c1. The van der Waals surface area contributed by atoms with Gasteiger partial charge in [0, 0.05) is 0 Å². The van der Waals surface area contributed by atoms with Crippen LogP contribution in [0.5, 0.6) is 5.75 Å². The first-order valence-electron chi connectivity index (χ1n) is 8.03. The van der Waals surface area contributed by atoms with Gasteiger partial charge in [-0.05, 0) is 55.0 Å². The van der Waals surface area contributed by atoms with Crippen LogP contribution in [0.4, 0.5) is 0 Å². The second-order valence-corrected chi connectivity index (χ2v) is 5.74. The van der Waals surface area contributed by atoms with Gasteiger partial charge in [0.2, 0.25) is 0 Å². The van der Waals surface area contributed by atoms with E-state index in [4.69, 9.17) is 14.4 Å². The number of ether oxygens (including phenoxy) is 1. The van der Waals surface area contributed by atoms with Crippen LogP contribution >= 0.6 is 0 Å². The number of hydrogen-bond donors (Lipinski definition) is 1. The van der Waals surface area contributed by atoms with Crippen molar-refractivity contribution in [1.29, 1.82) is 0 Å². The molecule has 3 nitrogen and oxygen atoms in total. The molecule has 21 heavy (non-hydrogen) atoms. The molecule has 0 saturated carbocycles. The van der Waals surface area contributed by atoms with Crippen molar-refractivity contribution in [2.75, 3.05) is 6.61 Å². The number of benzene rings is 1. The summed E-state index contributed by atoms with van der Waals surface area (Å²) in [5.74, 6) is 1.58. The lowest BCUT2D eigenvalue weighted by Crippen LogP contribution is -2.12. The standard InChI is InChI=1S/C17H29BO3/c1-5-7-8-15(6-2)11-20-16-9-13(3)17(12-21-18-19)14(4)10-16/h9-10,15,18-19H,5-8,11-12H2,1-4H3. The van der Waals surface area contributed by atoms with E-state index in [1.807, 2.05) is 0 Å². The van der Waals surface area contributed by atoms with E-state index in [-0.39, 0.29) is 7.69 Å². The van der Waals surface area contributed by atoms with Crippen LogP contribution in [0.25, 0.3) is 0 Å². The maximum atomic E-state index is 8.76. The summed E-state index contributed by atoms with van der Waals surface area (Å²) in [6.07, 6.45) is 4.93. The van der Waals surface area contributed by atoms with Gasteiger partial charge in [-0.1, -0.05) is 33.1 Å². The van der Waals surface area contributed by atoms with Gasteiger partial charge >= 0.3 is 7.69 Å². The predicted octanol–water partition coefficient (Wildman–Crippen LogP) is 3.67. The monoisotopic (exact) mass is 292 g/mol. The van der Waals surface area contributed by atoms with Crippen molar-refractivity contribution in [2.45, 2.75) is 60.0 Å². The van der Waals surface area contributed by atoms with Crippen LogP contribution in [0.2, 0.25) is 0 Å². The van der Waals surface area contributed by atoms with Gasteiger partial charge in [0.25, 0.3) is 0 Å². The van der Waals surface area contributed by atoms with Crippen molar-refractivity contribution in [3.63, 3.8) is 0 Å². The highest BCUT2D eigenvalue weighted by molar-refractivity contribution is 6.15.